The lowest BCUT2D eigenvalue weighted by Gasteiger charge is -2.19. The van der Waals surface area contributed by atoms with E-state index in [0.717, 1.165) is 11.1 Å². The summed E-state index contributed by atoms with van der Waals surface area (Å²) in [6.45, 7) is 2.42. The third-order valence-corrected chi connectivity index (χ3v) is 5.42. The van der Waals surface area contributed by atoms with E-state index in [4.69, 9.17) is 4.74 Å². The molecule has 0 aliphatic rings. The first-order valence-corrected chi connectivity index (χ1v) is 9.20. The fraction of sp³-hybridized carbons (Fsp3) is 0.278. The average molecular weight is 362 g/mol. The van der Waals surface area contributed by atoms with Crippen LogP contribution < -0.4 is 9.46 Å². The number of amides is 1. The molecule has 0 saturated carbocycles. The number of aryl methyl sites for hydroxylation is 1. The molecule has 1 N–H and O–H groups in total. The number of nitrogens with one attached hydrogen (secondary N) is 1. The van der Waals surface area contributed by atoms with E-state index in [9.17, 15) is 13.2 Å². The maximum Gasteiger partial charge on any atom is 0.253 e. The predicted octanol–water partition coefficient (Wildman–Crippen LogP) is 2.18. The quantitative estimate of drug-likeness (QED) is 0.855. The van der Waals surface area contributed by atoms with Crippen LogP contribution in [-0.4, -0.2) is 40.4 Å². The number of hydrogen-bond donors (Lipinski definition) is 1. The second kappa shape index (κ2) is 7.67. The highest BCUT2D eigenvalue weighted by atomic mass is 32.2. The summed E-state index contributed by atoms with van der Waals surface area (Å²) in [4.78, 5) is 14.2. The fourth-order valence-corrected chi connectivity index (χ4v) is 3.38. The molecule has 0 fully saturated rings. The normalized spacial score (nSPS) is 11.2. The number of carbonyl (C=O) groups excluding carboxylic acids is 1. The molecule has 0 heterocycles. The summed E-state index contributed by atoms with van der Waals surface area (Å²) in [5.41, 5.74) is 2.41. The molecule has 7 heteroatoms. The average Bonchev–Trinajstić information content (AvgIpc) is 2.62. The van der Waals surface area contributed by atoms with E-state index in [1.807, 2.05) is 31.2 Å². The van der Waals surface area contributed by atoms with Gasteiger partial charge in [0, 0.05) is 19.2 Å². The number of nitrogens with zero attached hydrogens (tertiary/aromatic N) is 1. The summed E-state index contributed by atoms with van der Waals surface area (Å²) >= 11 is 0. The zero-order valence-electron chi connectivity index (χ0n) is 14.7. The first-order chi connectivity index (χ1) is 11.8. The second-order valence-corrected chi connectivity index (χ2v) is 7.52. The standard InChI is InChI=1S/C18H22N2O4S/c1-13-7-5-6-8-15(13)12-20(3)18(21)14-9-10-16(24-4)17(11-14)25(22,23)19-2/h5-11,19H,12H2,1-4H3. The van der Waals surface area contributed by atoms with Gasteiger partial charge < -0.3 is 9.64 Å². The van der Waals surface area contributed by atoms with Crippen LogP contribution in [0, 0.1) is 6.92 Å². The van der Waals surface area contributed by atoms with Gasteiger partial charge in [0.05, 0.1) is 7.11 Å². The van der Waals surface area contributed by atoms with Crippen LogP contribution in [-0.2, 0) is 16.6 Å². The van der Waals surface area contributed by atoms with Crippen molar-refractivity contribution in [3.05, 3.63) is 59.2 Å². The SMILES string of the molecule is CNS(=O)(=O)c1cc(C(=O)N(C)Cc2ccccc2C)ccc1OC. The van der Waals surface area contributed by atoms with Gasteiger partial charge in [-0.2, -0.15) is 0 Å². The Balaban J connectivity index is 2.33. The Hall–Kier alpha value is -2.38. The summed E-state index contributed by atoms with van der Waals surface area (Å²) in [6.07, 6.45) is 0. The van der Waals surface area contributed by atoms with Gasteiger partial charge in [0.1, 0.15) is 10.6 Å². The molecule has 0 radical (unpaired) electrons. The molecule has 0 unspecified atom stereocenters. The molecule has 6 nitrogen and oxygen atoms in total. The van der Waals surface area contributed by atoms with Crippen LogP contribution in [0.15, 0.2) is 47.4 Å². The van der Waals surface area contributed by atoms with Crippen molar-refractivity contribution in [3.8, 4) is 5.75 Å². The molecule has 0 saturated heterocycles. The van der Waals surface area contributed by atoms with Gasteiger partial charge in [-0.05, 0) is 43.3 Å². The molecule has 2 rings (SSSR count). The number of ether oxygens (including phenoxy) is 1. The fourth-order valence-electron chi connectivity index (χ4n) is 2.46. The number of carbonyl (C=O) groups is 1. The van der Waals surface area contributed by atoms with E-state index in [-0.39, 0.29) is 22.1 Å². The molecule has 2 aromatic carbocycles. The number of hydrogen-bond acceptors (Lipinski definition) is 4. The Bertz CT molecular complexity index is 878. The van der Waals surface area contributed by atoms with Crippen molar-refractivity contribution < 1.29 is 17.9 Å². The van der Waals surface area contributed by atoms with E-state index in [1.54, 1.807) is 18.0 Å². The minimum atomic E-state index is -3.73. The van der Waals surface area contributed by atoms with E-state index < -0.39 is 10.0 Å². The van der Waals surface area contributed by atoms with Crippen molar-refractivity contribution in [1.29, 1.82) is 0 Å². The number of sulfonamides is 1. The van der Waals surface area contributed by atoms with E-state index >= 15 is 0 Å². The van der Waals surface area contributed by atoms with Crippen molar-refractivity contribution in [2.24, 2.45) is 0 Å². The number of methoxy groups -OCH3 is 1. The van der Waals surface area contributed by atoms with Crippen LogP contribution in [0.2, 0.25) is 0 Å². The number of benzene rings is 2. The van der Waals surface area contributed by atoms with Gasteiger partial charge in [-0.15, -0.1) is 0 Å². The Morgan fingerprint density at radius 1 is 1.20 bits per heavy atom. The Morgan fingerprint density at radius 2 is 1.88 bits per heavy atom. The topological polar surface area (TPSA) is 75.7 Å². The zero-order chi connectivity index (χ0) is 18.6. The van der Waals surface area contributed by atoms with Crippen LogP contribution in [0.5, 0.6) is 5.75 Å². The molecule has 0 bridgehead atoms. The summed E-state index contributed by atoms with van der Waals surface area (Å²) in [5, 5.41) is 0. The van der Waals surface area contributed by atoms with Crippen LogP contribution in [0.3, 0.4) is 0 Å². The summed E-state index contributed by atoms with van der Waals surface area (Å²) < 4.78 is 31.6. The van der Waals surface area contributed by atoms with Gasteiger partial charge in [0.15, 0.2) is 0 Å². The van der Waals surface area contributed by atoms with E-state index in [1.165, 1.54) is 26.3 Å². The van der Waals surface area contributed by atoms with Crippen LogP contribution >= 0.6 is 0 Å². The molecular formula is C18H22N2O4S. The van der Waals surface area contributed by atoms with Crippen LogP contribution in [0.1, 0.15) is 21.5 Å². The summed E-state index contributed by atoms with van der Waals surface area (Å²) in [7, 11) is 0.650. The Labute approximate surface area is 148 Å². The summed E-state index contributed by atoms with van der Waals surface area (Å²) in [6, 6.07) is 12.2. The highest BCUT2D eigenvalue weighted by Crippen LogP contribution is 2.25. The monoisotopic (exact) mass is 362 g/mol. The van der Waals surface area contributed by atoms with Crippen molar-refractivity contribution in [3.63, 3.8) is 0 Å². The molecular weight excluding hydrogens is 340 g/mol. The first-order valence-electron chi connectivity index (χ1n) is 7.71. The molecule has 0 aromatic heterocycles. The molecule has 0 atom stereocenters. The van der Waals surface area contributed by atoms with Crippen molar-refractivity contribution in [2.45, 2.75) is 18.4 Å². The van der Waals surface area contributed by atoms with Gasteiger partial charge >= 0.3 is 0 Å². The molecule has 0 aliphatic heterocycles. The second-order valence-electron chi connectivity index (χ2n) is 5.66. The van der Waals surface area contributed by atoms with Gasteiger partial charge in [-0.1, -0.05) is 24.3 Å². The smallest absolute Gasteiger partial charge is 0.253 e. The number of rotatable bonds is 6. The zero-order valence-corrected chi connectivity index (χ0v) is 15.6. The van der Waals surface area contributed by atoms with Gasteiger partial charge in [0.25, 0.3) is 5.91 Å². The third-order valence-electron chi connectivity index (χ3n) is 3.98. The van der Waals surface area contributed by atoms with Crippen molar-refractivity contribution in [1.82, 2.24) is 9.62 Å². The lowest BCUT2D eigenvalue weighted by molar-refractivity contribution is 0.0784. The summed E-state index contributed by atoms with van der Waals surface area (Å²) in [5.74, 6) is -0.0779. The lowest BCUT2D eigenvalue weighted by atomic mass is 10.1. The van der Waals surface area contributed by atoms with Crippen LogP contribution in [0.25, 0.3) is 0 Å². The molecule has 134 valence electrons. The van der Waals surface area contributed by atoms with Crippen molar-refractivity contribution in [2.75, 3.05) is 21.2 Å². The highest BCUT2D eigenvalue weighted by molar-refractivity contribution is 7.89. The van der Waals surface area contributed by atoms with E-state index in [0.29, 0.717) is 6.54 Å². The Kier molecular flexibility index (Phi) is 5.81. The predicted molar refractivity (Wildman–Crippen MR) is 96.2 cm³/mol. The van der Waals surface area contributed by atoms with Gasteiger partial charge in [-0.3, -0.25) is 4.79 Å². The maximum absolute atomic E-state index is 12.7. The minimum Gasteiger partial charge on any atom is -0.495 e. The van der Waals surface area contributed by atoms with Crippen LogP contribution in [0.4, 0.5) is 0 Å². The first kappa shape index (κ1) is 19.0. The largest absolute Gasteiger partial charge is 0.495 e. The maximum atomic E-state index is 12.7. The molecule has 0 aliphatic carbocycles. The molecule has 2 aromatic rings. The molecule has 25 heavy (non-hydrogen) atoms. The van der Waals surface area contributed by atoms with E-state index in [2.05, 4.69) is 4.72 Å². The van der Waals surface area contributed by atoms with Gasteiger partial charge in [0.2, 0.25) is 10.0 Å². The van der Waals surface area contributed by atoms with Gasteiger partial charge in [-0.25, -0.2) is 13.1 Å². The van der Waals surface area contributed by atoms with Crippen molar-refractivity contribution >= 4 is 15.9 Å². The third kappa shape index (κ3) is 4.18. The molecule has 1 amide bonds. The minimum absolute atomic E-state index is 0.0624. The lowest BCUT2D eigenvalue weighted by Crippen LogP contribution is -2.27. The highest BCUT2D eigenvalue weighted by Gasteiger charge is 2.21. The molecule has 0 spiro atoms. The Morgan fingerprint density at radius 3 is 2.48 bits per heavy atom.